The third-order valence-corrected chi connectivity index (χ3v) is 5.09. The fourth-order valence-corrected chi connectivity index (χ4v) is 3.39. The number of esters is 1. The van der Waals surface area contributed by atoms with Crippen LogP contribution in [0.2, 0.25) is 0 Å². The first kappa shape index (κ1) is 19.9. The minimum atomic E-state index is -0.437. The topological polar surface area (TPSA) is 71.5 Å². The minimum absolute atomic E-state index is 0.216. The predicted octanol–water partition coefficient (Wildman–Crippen LogP) is 2.75. The third kappa shape index (κ3) is 5.09. The number of aryl methyl sites for hydroxylation is 1. The van der Waals surface area contributed by atoms with Gasteiger partial charge < -0.3 is 15.0 Å². The predicted molar refractivity (Wildman–Crippen MR) is 108 cm³/mol. The van der Waals surface area contributed by atoms with Crippen LogP contribution in [0.25, 0.3) is 0 Å². The van der Waals surface area contributed by atoms with Gasteiger partial charge in [0.15, 0.2) is 0 Å². The number of amides is 1. The molecule has 2 heterocycles. The number of carbonyl (C=O) groups excluding carboxylic acids is 2. The number of benzene rings is 1. The molecular weight excluding hydrogens is 354 g/mol. The Morgan fingerprint density at radius 3 is 2.46 bits per heavy atom. The van der Waals surface area contributed by atoms with Crippen molar-refractivity contribution in [1.29, 1.82) is 0 Å². The molecule has 2 aromatic rings. The smallest absolute Gasteiger partial charge is 0.310 e. The van der Waals surface area contributed by atoms with Crippen molar-refractivity contribution in [2.75, 3.05) is 31.6 Å². The largest absolute Gasteiger partial charge is 0.469 e. The number of rotatable bonds is 7. The highest BCUT2D eigenvalue weighted by Crippen LogP contribution is 2.17. The van der Waals surface area contributed by atoms with Gasteiger partial charge in [-0.2, -0.15) is 0 Å². The van der Waals surface area contributed by atoms with Crippen LogP contribution in [-0.4, -0.2) is 43.6 Å². The number of methoxy groups -OCH3 is 1. The summed E-state index contributed by atoms with van der Waals surface area (Å²) in [6, 6.07) is 11.7. The number of aromatic nitrogens is 1. The SMILES string of the molecule is COC(=O)C(CNC(=O)c1ccc(N2CCCC2)nc1)Cc1ccc(C)cc1. The van der Waals surface area contributed by atoms with Gasteiger partial charge in [-0.15, -0.1) is 0 Å². The van der Waals surface area contributed by atoms with E-state index in [1.807, 2.05) is 37.3 Å². The van der Waals surface area contributed by atoms with Crippen LogP contribution < -0.4 is 10.2 Å². The standard InChI is InChI=1S/C22H27N3O3/c1-16-5-7-17(8-6-16)13-19(22(27)28-2)15-24-21(26)18-9-10-20(23-14-18)25-11-3-4-12-25/h5-10,14,19H,3-4,11-13,15H2,1-2H3,(H,24,26). The van der Waals surface area contributed by atoms with Gasteiger partial charge in [0.05, 0.1) is 18.6 Å². The summed E-state index contributed by atoms with van der Waals surface area (Å²) in [6.07, 6.45) is 4.47. The molecule has 1 aromatic carbocycles. The zero-order valence-electron chi connectivity index (χ0n) is 16.5. The van der Waals surface area contributed by atoms with E-state index in [4.69, 9.17) is 4.74 Å². The fraction of sp³-hybridized carbons (Fsp3) is 0.409. The Labute approximate surface area is 165 Å². The number of hydrogen-bond donors (Lipinski definition) is 1. The summed E-state index contributed by atoms with van der Waals surface area (Å²) in [4.78, 5) is 31.2. The molecule has 0 spiro atoms. The van der Waals surface area contributed by atoms with Gasteiger partial charge in [-0.3, -0.25) is 9.59 Å². The molecule has 6 heteroatoms. The van der Waals surface area contributed by atoms with E-state index in [2.05, 4.69) is 15.2 Å². The summed E-state index contributed by atoms with van der Waals surface area (Å²) in [5.74, 6) is -0.101. The number of anilines is 1. The Kier molecular flexibility index (Phi) is 6.63. The van der Waals surface area contributed by atoms with E-state index >= 15 is 0 Å². The molecule has 1 saturated heterocycles. The molecule has 3 rings (SSSR count). The summed E-state index contributed by atoms with van der Waals surface area (Å²) >= 11 is 0. The fourth-order valence-electron chi connectivity index (χ4n) is 3.39. The second kappa shape index (κ2) is 9.35. The highest BCUT2D eigenvalue weighted by molar-refractivity contribution is 5.94. The van der Waals surface area contributed by atoms with Gasteiger partial charge in [-0.05, 0) is 43.9 Å². The van der Waals surface area contributed by atoms with Crippen molar-refractivity contribution < 1.29 is 14.3 Å². The van der Waals surface area contributed by atoms with Crippen molar-refractivity contribution in [3.05, 3.63) is 59.3 Å². The second-order valence-corrected chi connectivity index (χ2v) is 7.22. The van der Waals surface area contributed by atoms with Crippen molar-refractivity contribution in [3.8, 4) is 0 Å². The molecule has 0 aliphatic carbocycles. The molecular formula is C22H27N3O3. The molecule has 1 aliphatic heterocycles. The highest BCUT2D eigenvalue weighted by atomic mass is 16.5. The molecule has 28 heavy (non-hydrogen) atoms. The van der Waals surface area contributed by atoms with E-state index in [-0.39, 0.29) is 18.4 Å². The Balaban J connectivity index is 1.59. The van der Waals surface area contributed by atoms with E-state index in [9.17, 15) is 9.59 Å². The van der Waals surface area contributed by atoms with Gasteiger partial charge in [-0.1, -0.05) is 29.8 Å². The highest BCUT2D eigenvalue weighted by Gasteiger charge is 2.21. The zero-order valence-corrected chi connectivity index (χ0v) is 16.5. The molecule has 1 aromatic heterocycles. The second-order valence-electron chi connectivity index (χ2n) is 7.22. The number of ether oxygens (including phenoxy) is 1. The maximum absolute atomic E-state index is 12.5. The lowest BCUT2D eigenvalue weighted by molar-refractivity contribution is -0.145. The van der Waals surface area contributed by atoms with E-state index in [0.717, 1.165) is 30.0 Å². The lowest BCUT2D eigenvalue weighted by Crippen LogP contribution is -2.34. The summed E-state index contributed by atoms with van der Waals surface area (Å²) in [5, 5.41) is 2.84. The average Bonchev–Trinajstić information content (AvgIpc) is 3.26. The molecule has 0 bridgehead atoms. The Bertz CT molecular complexity index is 797. The number of nitrogens with one attached hydrogen (secondary N) is 1. The monoisotopic (exact) mass is 381 g/mol. The molecule has 0 saturated carbocycles. The number of carbonyl (C=O) groups is 2. The summed E-state index contributed by atoms with van der Waals surface area (Å²) in [5.41, 5.74) is 2.69. The lowest BCUT2D eigenvalue weighted by Gasteiger charge is -2.17. The molecule has 6 nitrogen and oxygen atoms in total. The first-order valence-electron chi connectivity index (χ1n) is 9.69. The third-order valence-electron chi connectivity index (χ3n) is 5.09. The van der Waals surface area contributed by atoms with Crippen LogP contribution >= 0.6 is 0 Å². The van der Waals surface area contributed by atoms with E-state index in [1.54, 1.807) is 12.3 Å². The molecule has 1 amide bonds. The number of hydrogen-bond acceptors (Lipinski definition) is 5. The number of nitrogens with zero attached hydrogens (tertiary/aromatic N) is 2. The average molecular weight is 381 g/mol. The van der Waals surface area contributed by atoms with Crippen molar-refractivity contribution in [2.45, 2.75) is 26.2 Å². The van der Waals surface area contributed by atoms with Gasteiger partial charge in [-0.25, -0.2) is 4.98 Å². The molecule has 148 valence electrons. The number of pyridine rings is 1. The molecule has 1 unspecified atom stereocenters. The van der Waals surface area contributed by atoms with Crippen LogP contribution in [0.1, 0.15) is 34.3 Å². The quantitative estimate of drug-likeness (QED) is 0.747. The van der Waals surface area contributed by atoms with Crippen LogP contribution in [0, 0.1) is 12.8 Å². The van der Waals surface area contributed by atoms with Gasteiger partial charge in [0.25, 0.3) is 5.91 Å². The Morgan fingerprint density at radius 1 is 1.14 bits per heavy atom. The Hall–Kier alpha value is -2.89. The normalized spacial score (nSPS) is 14.6. The Morgan fingerprint density at radius 2 is 1.86 bits per heavy atom. The molecule has 1 aliphatic rings. The van der Waals surface area contributed by atoms with Crippen molar-refractivity contribution in [2.24, 2.45) is 5.92 Å². The minimum Gasteiger partial charge on any atom is -0.469 e. The van der Waals surface area contributed by atoms with Crippen molar-refractivity contribution in [3.63, 3.8) is 0 Å². The summed E-state index contributed by atoms with van der Waals surface area (Å²) in [7, 11) is 1.37. The van der Waals surface area contributed by atoms with Crippen LogP contribution in [0.15, 0.2) is 42.6 Å². The van der Waals surface area contributed by atoms with E-state index < -0.39 is 5.92 Å². The van der Waals surface area contributed by atoms with Gasteiger partial charge in [0.1, 0.15) is 5.82 Å². The van der Waals surface area contributed by atoms with Crippen molar-refractivity contribution in [1.82, 2.24) is 10.3 Å². The molecule has 1 N–H and O–H groups in total. The van der Waals surface area contributed by atoms with E-state index in [1.165, 1.54) is 20.0 Å². The van der Waals surface area contributed by atoms with Gasteiger partial charge in [0.2, 0.25) is 0 Å². The van der Waals surface area contributed by atoms with Crippen LogP contribution in [0.5, 0.6) is 0 Å². The first-order valence-corrected chi connectivity index (χ1v) is 9.69. The molecule has 0 radical (unpaired) electrons. The maximum atomic E-state index is 12.5. The summed E-state index contributed by atoms with van der Waals surface area (Å²) < 4.78 is 4.91. The zero-order chi connectivity index (χ0) is 19.9. The lowest BCUT2D eigenvalue weighted by atomic mass is 9.98. The maximum Gasteiger partial charge on any atom is 0.310 e. The van der Waals surface area contributed by atoms with Gasteiger partial charge >= 0.3 is 5.97 Å². The van der Waals surface area contributed by atoms with E-state index in [0.29, 0.717) is 12.0 Å². The molecule has 1 fully saturated rings. The van der Waals surface area contributed by atoms with Crippen LogP contribution in [0.4, 0.5) is 5.82 Å². The van der Waals surface area contributed by atoms with Crippen LogP contribution in [-0.2, 0) is 16.0 Å². The first-order chi connectivity index (χ1) is 13.6. The summed E-state index contributed by atoms with van der Waals surface area (Å²) in [6.45, 7) is 4.26. The van der Waals surface area contributed by atoms with Gasteiger partial charge in [0, 0.05) is 25.8 Å². The van der Waals surface area contributed by atoms with Crippen molar-refractivity contribution >= 4 is 17.7 Å². The molecule has 1 atom stereocenters. The van der Waals surface area contributed by atoms with Crippen LogP contribution in [0.3, 0.4) is 0 Å².